The second-order valence-electron chi connectivity index (χ2n) is 5.84. The summed E-state index contributed by atoms with van der Waals surface area (Å²) in [6.07, 6.45) is 0. The molecule has 0 radical (unpaired) electrons. The second kappa shape index (κ2) is 5.37. The summed E-state index contributed by atoms with van der Waals surface area (Å²) in [5, 5.41) is 2.88. The average Bonchev–Trinajstić information content (AvgIpc) is 2.40. The molecule has 0 spiro atoms. The van der Waals surface area contributed by atoms with E-state index in [2.05, 4.69) is 26.1 Å². The average molecular weight is 268 g/mol. The van der Waals surface area contributed by atoms with E-state index in [1.165, 1.54) is 0 Å². The monoisotopic (exact) mass is 268 g/mol. The minimum atomic E-state index is -0.131. The Morgan fingerprint density at radius 3 is 2.25 bits per heavy atom. The standard InChI is InChI=1S/C17H20N2O/c1-17(2,3)13-9-5-4-8-12(13)16(20)19-15-11-7-6-10-14(15)18/h4-11H,18H2,1-3H3,(H,19,20). The Hall–Kier alpha value is -2.29. The van der Waals surface area contributed by atoms with Gasteiger partial charge in [0, 0.05) is 5.56 Å². The highest BCUT2D eigenvalue weighted by atomic mass is 16.1. The number of carbonyl (C=O) groups is 1. The number of nitrogens with two attached hydrogens (primary N) is 1. The largest absolute Gasteiger partial charge is 0.397 e. The molecule has 104 valence electrons. The van der Waals surface area contributed by atoms with E-state index >= 15 is 0 Å². The van der Waals surface area contributed by atoms with Crippen molar-refractivity contribution in [2.75, 3.05) is 11.1 Å². The Labute approximate surface area is 119 Å². The Balaban J connectivity index is 2.34. The molecule has 2 rings (SSSR count). The van der Waals surface area contributed by atoms with Crippen molar-refractivity contribution in [3.63, 3.8) is 0 Å². The third kappa shape index (κ3) is 2.99. The van der Waals surface area contributed by atoms with Crippen LogP contribution in [-0.4, -0.2) is 5.91 Å². The summed E-state index contributed by atoms with van der Waals surface area (Å²) in [6, 6.07) is 14.9. The predicted molar refractivity (Wildman–Crippen MR) is 83.9 cm³/mol. The first-order chi connectivity index (χ1) is 9.39. The van der Waals surface area contributed by atoms with Gasteiger partial charge in [0.15, 0.2) is 0 Å². The minimum absolute atomic E-state index is 0.0871. The maximum absolute atomic E-state index is 12.5. The van der Waals surface area contributed by atoms with Crippen LogP contribution in [0.15, 0.2) is 48.5 Å². The van der Waals surface area contributed by atoms with Crippen LogP contribution in [0.2, 0.25) is 0 Å². The van der Waals surface area contributed by atoms with E-state index in [9.17, 15) is 4.79 Å². The molecule has 0 aromatic heterocycles. The molecule has 0 unspecified atom stereocenters. The topological polar surface area (TPSA) is 55.1 Å². The van der Waals surface area contributed by atoms with Crippen molar-refractivity contribution in [3.05, 3.63) is 59.7 Å². The van der Waals surface area contributed by atoms with Gasteiger partial charge in [0.05, 0.1) is 11.4 Å². The number of carbonyl (C=O) groups excluding carboxylic acids is 1. The fraction of sp³-hybridized carbons (Fsp3) is 0.235. The van der Waals surface area contributed by atoms with Gasteiger partial charge in [-0.3, -0.25) is 4.79 Å². The lowest BCUT2D eigenvalue weighted by molar-refractivity contribution is 0.102. The molecule has 3 N–H and O–H groups in total. The van der Waals surface area contributed by atoms with E-state index in [-0.39, 0.29) is 11.3 Å². The van der Waals surface area contributed by atoms with Gasteiger partial charge in [-0.15, -0.1) is 0 Å². The molecule has 0 atom stereocenters. The summed E-state index contributed by atoms with van der Waals surface area (Å²) in [7, 11) is 0. The lowest BCUT2D eigenvalue weighted by Crippen LogP contribution is -2.21. The van der Waals surface area contributed by atoms with Crippen LogP contribution in [0, 0.1) is 0 Å². The lowest BCUT2D eigenvalue weighted by Gasteiger charge is -2.22. The van der Waals surface area contributed by atoms with Gasteiger partial charge in [-0.25, -0.2) is 0 Å². The van der Waals surface area contributed by atoms with E-state index in [1.54, 1.807) is 12.1 Å². The molecule has 2 aromatic rings. The van der Waals surface area contributed by atoms with Crippen LogP contribution >= 0.6 is 0 Å². The molecule has 3 nitrogen and oxygen atoms in total. The maximum atomic E-state index is 12.5. The summed E-state index contributed by atoms with van der Waals surface area (Å²) in [5.74, 6) is -0.131. The summed E-state index contributed by atoms with van der Waals surface area (Å²) in [4.78, 5) is 12.5. The Bertz CT molecular complexity index is 627. The highest BCUT2D eigenvalue weighted by Gasteiger charge is 2.21. The van der Waals surface area contributed by atoms with Crippen LogP contribution in [0.25, 0.3) is 0 Å². The van der Waals surface area contributed by atoms with E-state index in [0.29, 0.717) is 16.9 Å². The van der Waals surface area contributed by atoms with Crippen LogP contribution in [0.5, 0.6) is 0 Å². The van der Waals surface area contributed by atoms with Gasteiger partial charge in [0.1, 0.15) is 0 Å². The summed E-state index contributed by atoms with van der Waals surface area (Å²) in [6.45, 7) is 6.28. The molecule has 0 bridgehead atoms. The number of para-hydroxylation sites is 2. The number of amides is 1. The van der Waals surface area contributed by atoms with Crippen molar-refractivity contribution >= 4 is 17.3 Å². The molecule has 0 heterocycles. The zero-order valence-corrected chi connectivity index (χ0v) is 12.1. The highest BCUT2D eigenvalue weighted by Crippen LogP contribution is 2.27. The first-order valence-electron chi connectivity index (χ1n) is 6.65. The second-order valence-corrected chi connectivity index (χ2v) is 5.84. The number of hydrogen-bond donors (Lipinski definition) is 2. The summed E-state index contributed by atoms with van der Waals surface area (Å²) in [5.41, 5.74) is 8.68. The first kappa shape index (κ1) is 14.1. The molecule has 0 saturated heterocycles. The fourth-order valence-corrected chi connectivity index (χ4v) is 2.14. The fourth-order valence-electron chi connectivity index (χ4n) is 2.14. The molecule has 0 aliphatic heterocycles. The normalized spacial score (nSPS) is 11.2. The van der Waals surface area contributed by atoms with Crippen molar-refractivity contribution in [1.82, 2.24) is 0 Å². The van der Waals surface area contributed by atoms with Crippen molar-refractivity contribution < 1.29 is 4.79 Å². The smallest absolute Gasteiger partial charge is 0.256 e. The van der Waals surface area contributed by atoms with E-state index in [0.717, 1.165) is 5.56 Å². The van der Waals surface area contributed by atoms with Crippen LogP contribution in [-0.2, 0) is 5.41 Å². The number of nitrogen functional groups attached to an aromatic ring is 1. The van der Waals surface area contributed by atoms with Crippen LogP contribution in [0.3, 0.4) is 0 Å². The molecular formula is C17H20N2O. The predicted octanol–water partition coefficient (Wildman–Crippen LogP) is 3.82. The Kier molecular flexibility index (Phi) is 3.79. The van der Waals surface area contributed by atoms with Crippen LogP contribution in [0.4, 0.5) is 11.4 Å². The molecule has 3 heteroatoms. The van der Waals surface area contributed by atoms with Gasteiger partial charge in [-0.1, -0.05) is 51.1 Å². The Morgan fingerprint density at radius 2 is 1.60 bits per heavy atom. The molecule has 2 aromatic carbocycles. The van der Waals surface area contributed by atoms with Gasteiger partial charge in [0.25, 0.3) is 5.91 Å². The molecule has 0 aliphatic rings. The number of benzene rings is 2. The SMILES string of the molecule is CC(C)(C)c1ccccc1C(=O)Nc1ccccc1N. The van der Waals surface area contributed by atoms with E-state index in [1.807, 2.05) is 36.4 Å². The number of nitrogens with one attached hydrogen (secondary N) is 1. The first-order valence-corrected chi connectivity index (χ1v) is 6.65. The zero-order valence-electron chi connectivity index (χ0n) is 12.1. The number of hydrogen-bond acceptors (Lipinski definition) is 2. The lowest BCUT2D eigenvalue weighted by atomic mass is 9.83. The van der Waals surface area contributed by atoms with Gasteiger partial charge in [0.2, 0.25) is 0 Å². The van der Waals surface area contributed by atoms with Crippen molar-refractivity contribution in [1.29, 1.82) is 0 Å². The molecule has 1 amide bonds. The third-order valence-electron chi connectivity index (χ3n) is 3.19. The molecule has 0 saturated carbocycles. The zero-order chi connectivity index (χ0) is 14.8. The quantitative estimate of drug-likeness (QED) is 0.813. The van der Waals surface area contributed by atoms with Crippen molar-refractivity contribution in [2.45, 2.75) is 26.2 Å². The summed E-state index contributed by atoms with van der Waals surface area (Å²) < 4.78 is 0. The van der Waals surface area contributed by atoms with Gasteiger partial charge < -0.3 is 11.1 Å². The van der Waals surface area contributed by atoms with Gasteiger partial charge in [-0.05, 0) is 29.2 Å². The van der Waals surface area contributed by atoms with Crippen molar-refractivity contribution in [2.24, 2.45) is 0 Å². The highest BCUT2D eigenvalue weighted by molar-refractivity contribution is 6.06. The molecule has 0 aliphatic carbocycles. The van der Waals surface area contributed by atoms with E-state index < -0.39 is 0 Å². The maximum Gasteiger partial charge on any atom is 0.256 e. The van der Waals surface area contributed by atoms with Crippen LogP contribution in [0.1, 0.15) is 36.7 Å². The minimum Gasteiger partial charge on any atom is -0.397 e. The molecular weight excluding hydrogens is 248 g/mol. The number of rotatable bonds is 2. The van der Waals surface area contributed by atoms with Gasteiger partial charge in [-0.2, -0.15) is 0 Å². The van der Waals surface area contributed by atoms with Crippen molar-refractivity contribution in [3.8, 4) is 0 Å². The third-order valence-corrected chi connectivity index (χ3v) is 3.19. The summed E-state index contributed by atoms with van der Waals surface area (Å²) >= 11 is 0. The molecule has 0 fully saturated rings. The molecule has 20 heavy (non-hydrogen) atoms. The Morgan fingerprint density at radius 1 is 1.00 bits per heavy atom. The van der Waals surface area contributed by atoms with Gasteiger partial charge >= 0.3 is 0 Å². The van der Waals surface area contributed by atoms with Crippen LogP contribution < -0.4 is 11.1 Å². The number of anilines is 2. The van der Waals surface area contributed by atoms with E-state index in [4.69, 9.17) is 5.73 Å².